The van der Waals surface area contributed by atoms with Crippen molar-refractivity contribution in [2.45, 2.75) is 6.04 Å². The molecule has 2 N–H and O–H groups in total. The average molecular weight is 402 g/mol. The van der Waals surface area contributed by atoms with Gasteiger partial charge in [-0.2, -0.15) is 0 Å². The highest BCUT2D eigenvalue weighted by Gasteiger charge is 2.45. The van der Waals surface area contributed by atoms with E-state index >= 15 is 0 Å². The number of Topliss-reactive ketones (excluding diaryl/α,β-unsaturated/α-hetero) is 1. The average Bonchev–Trinajstić information content (AvgIpc) is 2.88. The Hall–Kier alpha value is -2.44. The number of carbonyl (C=O) groups excluding carboxylic acids is 2. The van der Waals surface area contributed by atoms with E-state index in [1.165, 1.54) is 4.90 Å². The number of β-amino-alcohol motifs (C(OH)–C–C–N with tert-alkyl or cyclic N) is 1. The maximum absolute atomic E-state index is 12.6. The van der Waals surface area contributed by atoms with Gasteiger partial charge in [-0.15, -0.1) is 0 Å². The molecule has 128 valence electrons. The fraction of sp³-hybridized carbons (Fsp3) is 0.158. The van der Waals surface area contributed by atoms with Gasteiger partial charge < -0.3 is 15.1 Å². The van der Waals surface area contributed by atoms with Crippen LogP contribution in [0.25, 0.3) is 5.76 Å². The van der Waals surface area contributed by atoms with Crippen LogP contribution >= 0.6 is 15.9 Å². The molecule has 1 saturated heterocycles. The van der Waals surface area contributed by atoms with Crippen molar-refractivity contribution in [2.75, 3.05) is 13.2 Å². The van der Waals surface area contributed by atoms with E-state index in [-0.39, 0.29) is 24.5 Å². The molecule has 1 aliphatic rings. The molecule has 6 heteroatoms. The molecule has 2 aromatic carbocycles. The van der Waals surface area contributed by atoms with E-state index in [1.807, 2.05) is 0 Å². The second-order valence-electron chi connectivity index (χ2n) is 5.63. The molecule has 2 aromatic rings. The summed E-state index contributed by atoms with van der Waals surface area (Å²) in [6.07, 6.45) is 0. The van der Waals surface area contributed by atoms with Crippen LogP contribution in [0.1, 0.15) is 17.2 Å². The SMILES string of the molecule is O=C1C(=O)N(CCO)[C@@H](c2ccc(Br)cc2)C1=C(O)c1ccccc1. The Bertz CT molecular complexity index is 830. The molecule has 1 amide bonds. The number of aliphatic hydroxyl groups excluding tert-OH is 2. The van der Waals surface area contributed by atoms with E-state index in [0.717, 1.165) is 4.47 Å². The largest absolute Gasteiger partial charge is 0.507 e. The number of carbonyl (C=O) groups is 2. The summed E-state index contributed by atoms with van der Waals surface area (Å²) in [5.74, 6) is -1.69. The third-order valence-electron chi connectivity index (χ3n) is 4.11. The first-order valence-electron chi connectivity index (χ1n) is 7.74. The lowest BCUT2D eigenvalue weighted by Gasteiger charge is -2.24. The van der Waals surface area contributed by atoms with Crippen LogP contribution in [0.3, 0.4) is 0 Å². The number of halogens is 1. The molecule has 0 bridgehead atoms. The number of hydrogen-bond donors (Lipinski definition) is 2. The van der Waals surface area contributed by atoms with Gasteiger partial charge in [0.05, 0.1) is 18.2 Å². The van der Waals surface area contributed by atoms with Gasteiger partial charge in [-0.3, -0.25) is 9.59 Å². The topological polar surface area (TPSA) is 77.8 Å². The van der Waals surface area contributed by atoms with Crippen LogP contribution < -0.4 is 0 Å². The Labute approximate surface area is 153 Å². The molecular formula is C19H16BrNO4. The summed E-state index contributed by atoms with van der Waals surface area (Å²) in [6, 6.07) is 15.1. The summed E-state index contributed by atoms with van der Waals surface area (Å²) >= 11 is 3.36. The molecule has 0 unspecified atom stereocenters. The zero-order valence-corrected chi connectivity index (χ0v) is 14.8. The van der Waals surface area contributed by atoms with E-state index < -0.39 is 17.7 Å². The van der Waals surface area contributed by atoms with E-state index in [4.69, 9.17) is 0 Å². The first-order valence-corrected chi connectivity index (χ1v) is 8.54. The van der Waals surface area contributed by atoms with Gasteiger partial charge in [-0.05, 0) is 17.7 Å². The van der Waals surface area contributed by atoms with Crippen molar-refractivity contribution < 1.29 is 19.8 Å². The number of aliphatic hydroxyl groups is 2. The lowest BCUT2D eigenvalue weighted by Crippen LogP contribution is -2.32. The van der Waals surface area contributed by atoms with Crippen LogP contribution in [-0.4, -0.2) is 40.0 Å². The predicted molar refractivity (Wildman–Crippen MR) is 96.7 cm³/mol. The van der Waals surface area contributed by atoms with Crippen molar-refractivity contribution in [1.82, 2.24) is 4.90 Å². The quantitative estimate of drug-likeness (QED) is 0.469. The van der Waals surface area contributed by atoms with Crippen LogP contribution in [0, 0.1) is 0 Å². The monoisotopic (exact) mass is 401 g/mol. The Morgan fingerprint density at radius 1 is 1.04 bits per heavy atom. The molecule has 25 heavy (non-hydrogen) atoms. The lowest BCUT2D eigenvalue weighted by atomic mass is 9.95. The fourth-order valence-electron chi connectivity index (χ4n) is 2.96. The van der Waals surface area contributed by atoms with Gasteiger partial charge in [0, 0.05) is 16.6 Å². The van der Waals surface area contributed by atoms with E-state index in [2.05, 4.69) is 15.9 Å². The summed E-state index contributed by atoms with van der Waals surface area (Å²) in [5, 5.41) is 20.0. The fourth-order valence-corrected chi connectivity index (χ4v) is 3.23. The zero-order chi connectivity index (χ0) is 18.0. The third kappa shape index (κ3) is 3.23. The minimum Gasteiger partial charge on any atom is -0.507 e. The maximum Gasteiger partial charge on any atom is 0.295 e. The number of likely N-dealkylation sites (tertiary alicyclic amines) is 1. The van der Waals surface area contributed by atoms with Gasteiger partial charge in [0.15, 0.2) is 0 Å². The lowest BCUT2D eigenvalue weighted by molar-refractivity contribution is -0.140. The number of ketones is 1. The number of rotatable bonds is 4. The maximum atomic E-state index is 12.6. The van der Waals surface area contributed by atoms with Crippen molar-refractivity contribution in [3.05, 3.63) is 75.8 Å². The van der Waals surface area contributed by atoms with E-state index in [0.29, 0.717) is 11.1 Å². The van der Waals surface area contributed by atoms with Crippen molar-refractivity contribution in [3.8, 4) is 0 Å². The van der Waals surface area contributed by atoms with Gasteiger partial charge >= 0.3 is 0 Å². The Kier molecular flexibility index (Phi) is 5.01. The van der Waals surface area contributed by atoms with Crippen LogP contribution in [0.15, 0.2) is 64.6 Å². The second-order valence-corrected chi connectivity index (χ2v) is 6.55. The van der Waals surface area contributed by atoms with Crippen molar-refractivity contribution in [3.63, 3.8) is 0 Å². The summed E-state index contributed by atoms with van der Waals surface area (Å²) in [7, 11) is 0. The van der Waals surface area contributed by atoms with E-state index in [9.17, 15) is 19.8 Å². The van der Waals surface area contributed by atoms with Crippen LogP contribution in [-0.2, 0) is 9.59 Å². The third-order valence-corrected chi connectivity index (χ3v) is 4.64. The highest BCUT2D eigenvalue weighted by Crippen LogP contribution is 2.39. The van der Waals surface area contributed by atoms with Crippen LogP contribution in [0.2, 0.25) is 0 Å². The standard InChI is InChI=1S/C19H16BrNO4/c20-14-8-6-12(7-9-14)16-15(17(23)13-4-2-1-3-5-13)18(24)19(25)21(16)10-11-22/h1-9,16,22-23H,10-11H2/t16-/m0/s1. The van der Waals surface area contributed by atoms with Gasteiger partial charge in [-0.25, -0.2) is 0 Å². The highest BCUT2D eigenvalue weighted by molar-refractivity contribution is 9.10. The molecule has 0 spiro atoms. The molecule has 1 heterocycles. The van der Waals surface area contributed by atoms with Crippen molar-refractivity contribution in [1.29, 1.82) is 0 Å². The van der Waals surface area contributed by atoms with Crippen molar-refractivity contribution in [2.24, 2.45) is 0 Å². The van der Waals surface area contributed by atoms with Gasteiger partial charge in [0.2, 0.25) is 0 Å². The normalized spacial score (nSPS) is 19.4. The Morgan fingerprint density at radius 3 is 2.28 bits per heavy atom. The molecular weight excluding hydrogens is 386 g/mol. The molecule has 3 rings (SSSR count). The molecule has 0 radical (unpaired) electrons. The smallest absolute Gasteiger partial charge is 0.295 e. The Balaban J connectivity index is 2.18. The molecule has 1 fully saturated rings. The predicted octanol–water partition coefficient (Wildman–Crippen LogP) is 2.86. The molecule has 5 nitrogen and oxygen atoms in total. The van der Waals surface area contributed by atoms with E-state index in [1.54, 1.807) is 54.6 Å². The van der Waals surface area contributed by atoms with Gasteiger partial charge in [0.25, 0.3) is 11.7 Å². The second kappa shape index (κ2) is 7.21. The summed E-state index contributed by atoms with van der Waals surface area (Å²) in [4.78, 5) is 26.3. The minimum atomic E-state index is -0.747. The first-order chi connectivity index (χ1) is 12.0. The molecule has 1 atom stereocenters. The Morgan fingerprint density at radius 2 is 1.68 bits per heavy atom. The molecule has 1 aliphatic heterocycles. The number of hydrogen-bond acceptors (Lipinski definition) is 4. The molecule has 0 saturated carbocycles. The first kappa shape index (κ1) is 17.4. The molecule has 0 aromatic heterocycles. The number of benzene rings is 2. The van der Waals surface area contributed by atoms with Crippen molar-refractivity contribution >= 4 is 33.4 Å². The van der Waals surface area contributed by atoms with Crippen LogP contribution in [0.4, 0.5) is 0 Å². The van der Waals surface area contributed by atoms with Crippen LogP contribution in [0.5, 0.6) is 0 Å². The summed E-state index contributed by atoms with van der Waals surface area (Å²) in [6.45, 7) is -0.262. The highest BCUT2D eigenvalue weighted by atomic mass is 79.9. The summed E-state index contributed by atoms with van der Waals surface area (Å²) in [5.41, 5.74) is 1.19. The summed E-state index contributed by atoms with van der Waals surface area (Å²) < 4.78 is 0.860. The minimum absolute atomic E-state index is 0.0108. The molecule has 0 aliphatic carbocycles. The zero-order valence-electron chi connectivity index (χ0n) is 13.2. The number of nitrogens with zero attached hydrogens (tertiary/aromatic N) is 1. The number of amides is 1. The van der Waals surface area contributed by atoms with Gasteiger partial charge in [-0.1, -0.05) is 58.4 Å². The van der Waals surface area contributed by atoms with Gasteiger partial charge in [0.1, 0.15) is 5.76 Å².